The molecule has 6 heteroatoms. The van der Waals surface area contributed by atoms with E-state index in [1.165, 1.54) is 97.8 Å². The number of benzene rings is 9. The maximum atomic E-state index is 7.50. The van der Waals surface area contributed by atoms with Crippen LogP contribution >= 0.6 is 23.8 Å². The third kappa shape index (κ3) is 17.2. The predicted molar refractivity (Wildman–Crippen MR) is 309 cm³/mol. The molecule has 0 saturated heterocycles. The van der Waals surface area contributed by atoms with Crippen LogP contribution < -0.4 is 47.7 Å². The van der Waals surface area contributed by atoms with Gasteiger partial charge >= 0.3 is 0 Å². The van der Waals surface area contributed by atoms with Gasteiger partial charge in [-0.05, 0) is 134 Å². The summed E-state index contributed by atoms with van der Waals surface area (Å²) in [6.07, 6.45) is 0. The predicted octanol–water partition coefficient (Wildman–Crippen LogP) is 12.3. The first-order chi connectivity index (χ1) is 33.9. The van der Waals surface area contributed by atoms with Crippen LogP contribution in [0.2, 0.25) is 0 Å². The Kier molecular flexibility index (Phi) is 24.1. The van der Waals surface area contributed by atoms with Gasteiger partial charge in [0.2, 0.25) is 0 Å². The molecule has 0 unspecified atom stereocenters. The second kappa shape index (κ2) is 29.5. The van der Waals surface area contributed by atoms with Crippen LogP contribution in [0.5, 0.6) is 0 Å². The minimum absolute atomic E-state index is 0. The summed E-state index contributed by atoms with van der Waals surface area (Å²) in [5.41, 5.74) is 11.8. The molecule has 0 aliphatic rings. The van der Waals surface area contributed by atoms with Crippen molar-refractivity contribution in [3.63, 3.8) is 0 Å². The molecule has 0 aromatic heterocycles. The van der Waals surface area contributed by atoms with Crippen molar-refractivity contribution in [1.29, 1.82) is 0 Å². The Hall–Kier alpha value is -5.77. The zero-order valence-electron chi connectivity index (χ0n) is 42.3. The molecule has 0 N–H and O–H groups in total. The Morgan fingerprint density at radius 3 is 0.324 bits per heavy atom. The summed E-state index contributed by atoms with van der Waals surface area (Å²) in [6, 6.07) is 80.9. The van der Waals surface area contributed by atoms with Crippen molar-refractivity contribution < 1.29 is 29.1 Å². The number of carbonyl (C=O) groups excluding carboxylic acids is 2. The molecular weight excluding hydrogens is 1010 g/mol. The van der Waals surface area contributed by atoms with Crippen molar-refractivity contribution in [3.05, 3.63) is 268 Å². The first-order valence-corrected chi connectivity index (χ1v) is 27.3. The first kappa shape index (κ1) is 57.8. The summed E-state index contributed by atoms with van der Waals surface area (Å²) in [5, 5.41) is 12.7. The SMILES string of the molecule is Cc1ccc(P(c2ccc(C)cc2)c2ccc(C)cc2)cc1.Cc1ccc(P(c2ccc(C)cc2)c2ccc(C)cc2)cc1.Cc1ccc(P(c2ccc(C)cc2)c2ccc(C)cc2)cc1.[C]=O.[C]=O.[Ru]. The van der Waals surface area contributed by atoms with Gasteiger partial charge in [0.25, 0.3) is 13.6 Å². The standard InChI is InChI=1S/3C21H21P.2CO.Ru/c3*1-16-4-10-19(11-5-16)22(20-12-6-17(2)7-13-20)21-14-8-18(3)9-15-21;2*1-2;/h3*4-15H,1-3H3;;;. The number of hydrogen-bond donors (Lipinski definition) is 0. The third-order valence-electron chi connectivity index (χ3n) is 11.6. The van der Waals surface area contributed by atoms with Gasteiger partial charge in [-0.2, -0.15) is 0 Å². The van der Waals surface area contributed by atoms with E-state index in [2.05, 4.69) is 294 Å². The van der Waals surface area contributed by atoms with Crippen LogP contribution in [0.1, 0.15) is 50.1 Å². The summed E-state index contributed by atoms with van der Waals surface area (Å²) in [7, 11) is -1.45. The van der Waals surface area contributed by atoms with Gasteiger partial charge in [-0.15, -0.1) is 0 Å². The van der Waals surface area contributed by atoms with Crippen molar-refractivity contribution in [2.24, 2.45) is 0 Å². The van der Waals surface area contributed by atoms with Crippen LogP contribution in [0.15, 0.2) is 218 Å². The topological polar surface area (TPSA) is 34.1 Å². The van der Waals surface area contributed by atoms with Crippen LogP contribution in [0.25, 0.3) is 0 Å². The molecule has 0 heterocycles. The largest absolute Gasteiger partial charge is 0.281 e. The molecule has 0 atom stereocenters. The Bertz CT molecular complexity index is 2270. The zero-order valence-corrected chi connectivity index (χ0v) is 46.7. The minimum Gasteiger partial charge on any atom is -0.281 e. The van der Waals surface area contributed by atoms with Gasteiger partial charge in [0.15, 0.2) is 0 Å². The molecule has 0 amide bonds. The molecule has 0 spiro atoms. The molecule has 0 aliphatic carbocycles. The summed E-state index contributed by atoms with van der Waals surface area (Å²) in [6.45, 7) is 28.3. The smallest absolute Gasteiger partial charge is 0.281 e. The summed E-state index contributed by atoms with van der Waals surface area (Å²) < 4.78 is 0. The molecule has 71 heavy (non-hydrogen) atoms. The van der Waals surface area contributed by atoms with Crippen LogP contribution in [0.4, 0.5) is 0 Å². The molecule has 4 radical (unpaired) electrons. The van der Waals surface area contributed by atoms with Gasteiger partial charge in [0.1, 0.15) is 0 Å². The van der Waals surface area contributed by atoms with Gasteiger partial charge in [0, 0.05) is 19.5 Å². The molecule has 2 nitrogen and oxygen atoms in total. The van der Waals surface area contributed by atoms with E-state index in [4.69, 9.17) is 9.59 Å². The molecule has 0 saturated carbocycles. The average molecular weight is 1070 g/mol. The second-order valence-electron chi connectivity index (χ2n) is 17.5. The molecule has 0 aliphatic heterocycles. The minimum atomic E-state index is -0.483. The first-order valence-electron chi connectivity index (χ1n) is 23.3. The fourth-order valence-corrected chi connectivity index (χ4v) is 14.3. The van der Waals surface area contributed by atoms with Gasteiger partial charge in [0.05, 0.1) is 0 Å². The summed E-state index contributed by atoms with van der Waals surface area (Å²) in [5.74, 6) is 0. The Morgan fingerprint density at radius 1 is 0.183 bits per heavy atom. The van der Waals surface area contributed by atoms with E-state index >= 15 is 0 Å². The fraction of sp³-hybridized carbons (Fsp3) is 0.138. The van der Waals surface area contributed by atoms with Gasteiger partial charge in [-0.25, -0.2) is 0 Å². The van der Waals surface area contributed by atoms with E-state index in [0.29, 0.717) is 0 Å². The normalized spacial score (nSPS) is 10.3. The fourth-order valence-electron chi connectivity index (χ4n) is 7.59. The number of rotatable bonds is 9. The van der Waals surface area contributed by atoms with Crippen molar-refractivity contribution in [2.75, 3.05) is 0 Å². The molecule has 9 aromatic rings. The van der Waals surface area contributed by atoms with Crippen molar-refractivity contribution in [2.45, 2.75) is 62.3 Å². The van der Waals surface area contributed by atoms with Crippen LogP contribution in [0, 0.1) is 62.3 Å². The third-order valence-corrected chi connectivity index (χ3v) is 19.0. The van der Waals surface area contributed by atoms with Gasteiger partial charge in [-0.1, -0.05) is 268 Å². The summed E-state index contributed by atoms with van der Waals surface area (Å²) >= 11 is 0. The van der Waals surface area contributed by atoms with E-state index in [0.717, 1.165) is 0 Å². The maximum Gasteiger partial charge on any atom is 0.281 e. The Labute approximate surface area is 442 Å². The van der Waals surface area contributed by atoms with E-state index in [9.17, 15) is 0 Å². The zero-order chi connectivity index (χ0) is 50.6. The Balaban J connectivity index is 0.000000222. The molecule has 358 valence electrons. The second-order valence-corrected chi connectivity index (χ2v) is 24.2. The van der Waals surface area contributed by atoms with Crippen LogP contribution in [-0.2, 0) is 29.1 Å². The number of aryl methyl sites for hydroxylation is 9. The molecule has 9 aromatic carbocycles. The van der Waals surface area contributed by atoms with Crippen molar-refractivity contribution >= 4 is 85.1 Å². The van der Waals surface area contributed by atoms with Crippen LogP contribution in [0.3, 0.4) is 0 Å². The molecule has 0 fully saturated rings. The van der Waals surface area contributed by atoms with Crippen LogP contribution in [-0.4, -0.2) is 13.6 Å². The van der Waals surface area contributed by atoms with Crippen molar-refractivity contribution in [3.8, 4) is 0 Å². The van der Waals surface area contributed by atoms with Gasteiger partial charge < -0.3 is 0 Å². The monoisotopic (exact) mass is 1070 g/mol. The molecule has 9 rings (SSSR count). The van der Waals surface area contributed by atoms with E-state index in [1.807, 2.05) is 0 Å². The van der Waals surface area contributed by atoms with Crippen molar-refractivity contribution in [1.82, 2.24) is 0 Å². The molecule has 0 bridgehead atoms. The number of hydrogen-bond acceptors (Lipinski definition) is 2. The van der Waals surface area contributed by atoms with E-state index < -0.39 is 23.8 Å². The maximum absolute atomic E-state index is 7.50. The summed E-state index contributed by atoms with van der Waals surface area (Å²) in [4.78, 5) is 15.0. The quantitative estimate of drug-likeness (QED) is 0.107. The average Bonchev–Trinajstić information content (AvgIpc) is 3.38. The van der Waals surface area contributed by atoms with Gasteiger partial charge in [-0.3, -0.25) is 9.59 Å². The Morgan fingerprint density at radius 2 is 0.254 bits per heavy atom. The molecular formula is C65H63O2P3Ru. The van der Waals surface area contributed by atoms with E-state index in [-0.39, 0.29) is 19.5 Å². The van der Waals surface area contributed by atoms with E-state index in [1.54, 1.807) is 0 Å².